The predicted octanol–water partition coefficient (Wildman–Crippen LogP) is 7.58. The second-order valence-electron chi connectivity index (χ2n) is 12.6. The molecule has 244 valence electrons. The smallest absolute Gasteiger partial charge is 0.322 e. The first kappa shape index (κ1) is 32.5. The van der Waals surface area contributed by atoms with E-state index in [2.05, 4.69) is 10.6 Å². The molecule has 10 heteroatoms. The monoisotopic (exact) mass is 626 g/mol. The Morgan fingerprint density at radius 2 is 1.07 bits per heavy atom. The van der Waals surface area contributed by atoms with E-state index < -0.39 is 0 Å². The van der Waals surface area contributed by atoms with Crippen molar-refractivity contribution in [3.05, 3.63) is 96.8 Å². The molecule has 0 radical (unpaired) electrons. The van der Waals surface area contributed by atoms with Crippen LogP contribution in [0.2, 0.25) is 0 Å². The summed E-state index contributed by atoms with van der Waals surface area (Å²) in [6.45, 7) is 1.97. The third-order valence-electron chi connectivity index (χ3n) is 8.55. The molecule has 4 amide bonds. The van der Waals surface area contributed by atoms with E-state index >= 15 is 0 Å². The third kappa shape index (κ3) is 9.09. The number of urea groups is 2. The van der Waals surface area contributed by atoms with Crippen molar-refractivity contribution in [3.8, 4) is 0 Å². The molecule has 0 saturated heterocycles. The number of carbonyl (C=O) groups is 2. The molecule has 1 saturated carbocycles. The number of nitrogens with one attached hydrogen (secondary N) is 2. The minimum absolute atomic E-state index is 0.157. The van der Waals surface area contributed by atoms with Crippen LogP contribution in [0.4, 0.5) is 32.3 Å². The maximum atomic E-state index is 13.6. The summed E-state index contributed by atoms with van der Waals surface area (Å²) in [6.07, 6.45) is 7.28. The van der Waals surface area contributed by atoms with Gasteiger partial charge < -0.3 is 39.1 Å². The van der Waals surface area contributed by atoms with Crippen molar-refractivity contribution >= 4 is 34.8 Å². The Morgan fingerprint density at radius 1 is 0.652 bits per heavy atom. The molecule has 2 N–H and O–H groups in total. The molecule has 0 aliphatic heterocycles. The van der Waals surface area contributed by atoms with Crippen molar-refractivity contribution in [3.63, 3.8) is 0 Å². The lowest BCUT2D eigenvalue weighted by molar-refractivity contribution is 0.146. The Balaban J connectivity index is 1.24. The summed E-state index contributed by atoms with van der Waals surface area (Å²) in [5, 5.41) is 6.16. The van der Waals surface area contributed by atoms with Crippen LogP contribution in [0, 0.1) is 11.8 Å². The van der Waals surface area contributed by atoms with Crippen LogP contribution in [0.25, 0.3) is 0 Å². The summed E-state index contributed by atoms with van der Waals surface area (Å²) in [6, 6.07) is 22.8. The molecular formula is C36H46N6O4. The van der Waals surface area contributed by atoms with E-state index in [4.69, 9.17) is 8.83 Å². The SMILES string of the molecule is CN(C)c1ccc(NC(=O)N(Cc2ccco2)C[C@@H]2CCC[C@H](CN(Cc3ccco3)C(=O)Nc3ccc(N(C)C)cc3)C2)cc1. The van der Waals surface area contributed by atoms with Gasteiger partial charge in [0.2, 0.25) is 0 Å². The maximum absolute atomic E-state index is 13.6. The van der Waals surface area contributed by atoms with Crippen LogP contribution in [0.15, 0.2) is 94.2 Å². The van der Waals surface area contributed by atoms with Gasteiger partial charge in [0, 0.05) is 64.0 Å². The molecule has 4 aromatic rings. The van der Waals surface area contributed by atoms with E-state index in [0.717, 1.165) is 60.0 Å². The van der Waals surface area contributed by atoms with Crippen molar-refractivity contribution in [2.45, 2.75) is 38.8 Å². The fourth-order valence-corrected chi connectivity index (χ4v) is 6.07. The number of furan rings is 2. The molecule has 0 bridgehead atoms. The zero-order chi connectivity index (χ0) is 32.5. The van der Waals surface area contributed by atoms with Gasteiger partial charge >= 0.3 is 12.1 Å². The fraction of sp³-hybridized carbons (Fsp3) is 0.389. The van der Waals surface area contributed by atoms with Crippen LogP contribution in [0.1, 0.15) is 37.2 Å². The Kier molecular flexibility index (Phi) is 10.9. The van der Waals surface area contributed by atoms with E-state index in [0.29, 0.717) is 38.0 Å². The summed E-state index contributed by atoms with van der Waals surface area (Å²) in [4.78, 5) is 34.9. The highest BCUT2D eigenvalue weighted by molar-refractivity contribution is 5.90. The van der Waals surface area contributed by atoms with E-state index in [1.165, 1.54) is 0 Å². The van der Waals surface area contributed by atoms with Gasteiger partial charge in [0.1, 0.15) is 11.5 Å². The first-order valence-electron chi connectivity index (χ1n) is 15.9. The molecule has 0 unspecified atom stereocenters. The standard InChI is InChI=1S/C36H46N6O4/c1-39(2)31-16-12-29(13-17-31)37-35(43)41(25-33-10-6-20-45-33)23-27-8-5-9-28(22-27)24-42(26-34-11-7-21-46-34)36(44)38-30-14-18-32(19-15-30)40(3)4/h6-7,10-21,27-28H,5,8-9,22-26H2,1-4H3,(H,37,43)(H,38,44)/t27-,28+. The topological polar surface area (TPSA) is 97.4 Å². The van der Waals surface area contributed by atoms with Crippen molar-refractivity contribution in [2.24, 2.45) is 11.8 Å². The van der Waals surface area contributed by atoms with Crippen molar-refractivity contribution in [1.82, 2.24) is 9.80 Å². The van der Waals surface area contributed by atoms with Crippen LogP contribution in [0.5, 0.6) is 0 Å². The summed E-state index contributed by atoms with van der Waals surface area (Å²) in [5.41, 5.74) is 3.63. The lowest BCUT2D eigenvalue weighted by Crippen LogP contribution is -2.42. The molecule has 10 nitrogen and oxygen atoms in total. The van der Waals surface area contributed by atoms with Gasteiger partial charge in [0.15, 0.2) is 0 Å². The number of rotatable bonds is 12. The van der Waals surface area contributed by atoms with E-state index in [-0.39, 0.29) is 12.1 Å². The number of carbonyl (C=O) groups excluding carboxylic acids is 2. The number of anilines is 4. The van der Waals surface area contributed by atoms with Gasteiger partial charge in [-0.1, -0.05) is 6.42 Å². The van der Waals surface area contributed by atoms with Crippen molar-refractivity contribution in [2.75, 3.05) is 61.7 Å². The molecule has 5 rings (SSSR count). The van der Waals surface area contributed by atoms with Gasteiger partial charge in [0.05, 0.1) is 25.6 Å². The Bertz CT molecular complexity index is 1390. The Morgan fingerprint density at radius 3 is 1.41 bits per heavy atom. The Labute approximate surface area is 271 Å². The summed E-state index contributed by atoms with van der Waals surface area (Å²) in [5.74, 6) is 2.07. The highest BCUT2D eigenvalue weighted by atomic mass is 16.3. The van der Waals surface area contributed by atoms with Gasteiger partial charge in [-0.2, -0.15) is 0 Å². The first-order chi connectivity index (χ1) is 22.2. The summed E-state index contributed by atoms with van der Waals surface area (Å²) >= 11 is 0. The quantitative estimate of drug-likeness (QED) is 0.168. The van der Waals surface area contributed by atoms with E-state index in [1.54, 1.807) is 12.5 Å². The van der Waals surface area contributed by atoms with Crippen LogP contribution in [-0.4, -0.2) is 63.1 Å². The Hall–Kier alpha value is -4.86. The molecule has 2 atom stereocenters. The van der Waals surface area contributed by atoms with E-state index in [1.807, 2.05) is 121 Å². The second kappa shape index (κ2) is 15.4. The number of hydrogen-bond donors (Lipinski definition) is 2. The molecule has 0 spiro atoms. The molecule has 1 fully saturated rings. The molecule has 2 heterocycles. The number of amides is 4. The van der Waals surface area contributed by atoms with Crippen LogP contribution in [0.3, 0.4) is 0 Å². The minimum Gasteiger partial charge on any atom is -0.467 e. The number of nitrogens with zero attached hydrogens (tertiary/aromatic N) is 4. The van der Waals surface area contributed by atoms with Crippen LogP contribution < -0.4 is 20.4 Å². The predicted molar refractivity (Wildman–Crippen MR) is 183 cm³/mol. The van der Waals surface area contributed by atoms with Gasteiger partial charge in [0.25, 0.3) is 0 Å². The molecule has 2 aromatic carbocycles. The van der Waals surface area contributed by atoms with Gasteiger partial charge in [-0.25, -0.2) is 9.59 Å². The van der Waals surface area contributed by atoms with Gasteiger partial charge in [-0.3, -0.25) is 0 Å². The maximum Gasteiger partial charge on any atom is 0.322 e. The van der Waals surface area contributed by atoms with Crippen LogP contribution >= 0.6 is 0 Å². The highest BCUT2D eigenvalue weighted by Gasteiger charge is 2.29. The average molecular weight is 627 g/mol. The van der Waals surface area contributed by atoms with E-state index in [9.17, 15) is 9.59 Å². The lowest BCUT2D eigenvalue weighted by Gasteiger charge is -2.35. The van der Waals surface area contributed by atoms with Gasteiger partial charge in [-0.05, 0) is 104 Å². The highest BCUT2D eigenvalue weighted by Crippen LogP contribution is 2.32. The van der Waals surface area contributed by atoms with Crippen molar-refractivity contribution in [1.29, 1.82) is 0 Å². The summed E-state index contributed by atoms with van der Waals surface area (Å²) in [7, 11) is 7.96. The molecule has 1 aliphatic rings. The number of hydrogen-bond acceptors (Lipinski definition) is 6. The zero-order valence-electron chi connectivity index (χ0n) is 27.3. The summed E-state index contributed by atoms with van der Waals surface area (Å²) < 4.78 is 11.2. The van der Waals surface area contributed by atoms with Crippen molar-refractivity contribution < 1.29 is 18.4 Å². The largest absolute Gasteiger partial charge is 0.467 e. The second-order valence-corrected chi connectivity index (χ2v) is 12.6. The third-order valence-corrected chi connectivity index (χ3v) is 8.55. The molecule has 2 aromatic heterocycles. The molecular weight excluding hydrogens is 580 g/mol. The zero-order valence-corrected chi connectivity index (χ0v) is 27.3. The molecule has 46 heavy (non-hydrogen) atoms. The first-order valence-corrected chi connectivity index (χ1v) is 15.9. The minimum atomic E-state index is -0.157. The fourth-order valence-electron chi connectivity index (χ4n) is 6.07. The van der Waals surface area contributed by atoms with Gasteiger partial charge in [-0.15, -0.1) is 0 Å². The molecule has 1 aliphatic carbocycles. The van der Waals surface area contributed by atoms with Crippen LogP contribution in [-0.2, 0) is 13.1 Å². The lowest BCUT2D eigenvalue weighted by atomic mass is 9.81. The normalized spacial score (nSPS) is 16.0. The average Bonchev–Trinajstić information content (AvgIpc) is 3.76. The number of benzene rings is 2.